The van der Waals surface area contributed by atoms with Gasteiger partial charge >= 0.3 is 0 Å². The van der Waals surface area contributed by atoms with Gasteiger partial charge in [-0.1, -0.05) is 30.3 Å². The highest BCUT2D eigenvalue weighted by molar-refractivity contribution is 5.82. The molecule has 4 heteroatoms. The Kier molecular flexibility index (Phi) is 4.50. The fourth-order valence-corrected chi connectivity index (χ4v) is 3.74. The molecule has 3 atom stereocenters. The van der Waals surface area contributed by atoms with Crippen LogP contribution in [0.4, 0.5) is 0 Å². The van der Waals surface area contributed by atoms with E-state index in [4.69, 9.17) is 0 Å². The summed E-state index contributed by atoms with van der Waals surface area (Å²) in [7, 11) is 0. The van der Waals surface area contributed by atoms with Crippen LogP contribution in [0.3, 0.4) is 0 Å². The molecule has 1 spiro atoms. The van der Waals surface area contributed by atoms with Crippen LogP contribution in [0.25, 0.3) is 0 Å². The van der Waals surface area contributed by atoms with Crippen LogP contribution >= 0.6 is 0 Å². The molecular weight excluding hydrogens is 276 g/mol. The van der Waals surface area contributed by atoms with Crippen molar-refractivity contribution in [2.45, 2.75) is 44.8 Å². The highest BCUT2D eigenvalue weighted by Crippen LogP contribution is 2.58. The van der Waals surface area contributed by atoms with Gasteiger partial charge in [-0.2, -0.15) is 0 Å². The summed E-state index contributed by atoms with van der Waals surface area (Å²) in [6.07, 6.45) is 3.30. The number of amides is 1. The number of hydrogen-bond acceptors (Lipinski definition) is 3. The standard InChI is InChI=1S/C18H26N2O2/c1-13(11-16(21)14-5-3-2-4-6-14)20-17(22)15-12-18(15)7-9-19-10-8-18/h2-6,13,15-16,19,21H,7-12H2,1H3,(H,20,22). The number of carbonyl (C=O) groups is 1. The molecule has 0 aromatic heterocycles. The van der Waals surface area contributed by atoms with Crippen molar-refractivity contribution in [2.75, 3.05) is 13.1 Å². The molecule has 120 valence electrons. The van der Waals surface area contributed by atoms with E-state index in [1.165, 1.54) is 0 Å². The molecule has 0 radical (unpaired) electrons. The van der Waals surface area contributed by atoms with Crippen LogP contribution in [0.1, 0.15) is 44.3 Å². The average molecular weight is 302 g/mol. The van der Waals surface area contributed by atoms with E-state index in [9.17, 15) is 9.90 Å². The Morgan fingerprint density at radius 2 is 2.05 bits per heavy atom. The third-order valence-corrected chi connectivity index (χ3v) is 5.26. The Hall–Kier alpha value is -1.39. The molecule has 1 heterocycles. The third kappa shape index (κ3) is 3.33. The van der Waals surface area contributed by atoms with Crippen LogP contribution in [0.5, 0.6) is 0 Å². The van der Waals surface area contributed by atoms with Gasteiger partial charge in [0.05, 0.1) is 6.10 Å². The molecule has 2 fully saturated rings. The molecule has 22 heavy (non-hydrogen) atoms. The number of aliphatic hydroxyl groups is 1. The predicted molar refractivity (Wildman–Crippen MR) is 86.3 cm³/mol. The molecular formula is C18H26N2O2. The van der Waals surface area contributed by atoms with E-state index in [0.29, 0.717) is 6.42 Å². The lowest BCUT2D eigenvalue weighted by Crippen LogP contribution is -2.38. The molecule has 3 rings (SSSR count). The number of aliphatic hydroxyl groups excluding tert-OH is 1. The fraction of sp³-hybridized carbons (Fsp3) is 0.611. The number of hydrogen-bond donors (Lipinski definition) is 3. The first-order valence-electron chi connectivity index (χ1n) is 8.35. The molecule has 2 aliphatic rings. The summed E-state index contributed by atoms with van der Waals surface area (Å²) < 4.78 is 0. The minimum atomic E-state index is -0.524. The van der Waals surface area contributed by atoms with Gasteiger partial charge in [0.25, 0.3) is 0 Å². The SMILES string of the molecule is CC(CC(O)c1ccccc1)NC(=O)C1CC12CCNCC2. The van der Waals surface area contributed by atoms with Gasteiger partial charge in [-0.15, -0.1) is 0 Å². The molecule has 3 unspecified atom stereocenters. The molecule has 1 aliphatic heterocycles. The van der Waals surface area contributed by atoms with Gasteiger partial charge in [-0.05, 0) is 56.7 Å². The summed E-state index contributed by atoms with van der Waals surface area (Å²) in [5.41, 5.74) is 1.18. The summed E-state index contributed by atoms with van der Waals surface area (Å²) in [6.45, 7) is 4.04. The lowest BCUT2D eigenvalue weighted by Gasteiger charge is -2.24. The second-order valence-electron chi connectivity index (χ2n) is 6.94. The van der Waals surface area contributed by atoms with Gasteiger partial charge in [0.15, 0.2) is 0 Å². The van der Waals surface area contributed by atoms with E-state index in [2.05, 4.69) is 10.6 Å². The monoisotopic (exact) mass is 302 g/mol. The predicted octanol–water partition coefficient (Wildman–Crippen LogP) is 2.00. The molecule has 1 saturated heterocycles. The normalized spacial score (nSPS) is 25.5. The number of nitrogens with one attached hydrogen (secondary N) is 2. The van der Waals surface area contributed by atoms with E-state index in [-0.39, 0.29) is 23.3 Å². The molecule has 1 aliphatic carbocycles. The number of carbonyl (C=O) groups excluding carboxylic acids is 1. The van der Waals surface area contributed by atoms with Gasteiger partial charge in [0.2, 0.25) is 5.91 Å². The number of rotatable bonds is 5. The number of benzene rings is 1. The van der Waals surface area contributed by atoms with Gasteiger partial charge in [0, 0.05) is 12.0 Å². The zero-order chi connectivity index (χ0) is 15.6. The van der Waals surface area contributed by atoms with Gasteiger partial charge < -0.3 is 15.7 Å². The highest BCUT2D eigenvalue weighted by atomic mass is 16.3. The molecule has 3 N–H and O–H groups in total. The lowest BCUT2D eigenvalue weighted by atomic mass is 9.91. The maximum Gasteiger partial charge on any atom is 0.223 e. The van der Waals surface area contributed by atoms with Gasteiger partial charge in [0.1, 0.15) is 0 Å². The summed E-state index contributed by atoms with van der Waals surface area (Å²) in [6, 6.07) is 9.61. The van der Waals surface area contributed by atoms with Gasteiger partial charge in [-0.25, -0.2) is 0 Å². The first-order chi connectivity index (χ1) is 10.6. The molecule has 0 bridgehead atoms. The van der Waals surface area contributed by atoms with Gasteiger partial charge in [-0.3, -0.25) is 4.79 Å². The van der Waals surface area contributed by atoms with E-state index in [1.807, 2.05) is 37.3 Å². The second kappa shape index (κ2) is 6.39. The van der Waals surface area contributed by atoms with Crippen molar-refractivity contribution in [3.63, 3.8) is 0 Å². The van der Waals surface area contributed by atoms with Crippen molar-refractivity contribution in [1.29, 1.82) is 0 Å². The van der Waals surface area contributed by atoms with Crippen molar-refractivity contribution in [3.05, 3.63) is 35.9 Å². The highest BCUT2D eigenvalue weighted by Gasteiger charge is 2.57. The largest absolute Gasteiger partial charge is 0.388 e. The molecule has 4 nitrogen and oxygen atoms in total. The fourth-order valence-electron chi connectivity index (χ4n) is 3.74. The van der Waals surface area contributed by atoms with Crippen molar-refractivity contribution in [3.8, 4) is 0 Å². The van der Waals surface area contributed by atoms with Crippen molar-refractivity contribution < 1.29 is 9.90 Å². The summed E-state index contributed by atoms with van der Waals surface area (Å²) in [5.74, 6) is 0.362. The summed E-state index contributed by atoms with van der Waals surface area (Å²) in [4.78, 5) is 12.4. The molecule has 1 aromatic rings. The van der Waals surface area contributed by atoms with Crippen molar-refractivity contribution in [1.82, 2.24) is 10.6 Å². The minimum Gasteiger partial charge on any atom is -0.388 e. The average Bonchev–Trinajstić information content (AvgIpc) is 3.22. The van der Waals surface area contributed by atoms with E-state index < -0.39 is 6.10 Å². The third-order valence-electron chi connectivity index (χ3n) is 5.26. The van der Waals surface area contributed by atoms with E-state index in [0.717, 1.165) is 37.9 Å². The van der Waals surface area contributed by atoms with Crippen molar-refractivity contribution in [2.24, 2.45) is 11.3 Å². The topological polar surface area (TPSA) is 61.4 Å². The van der Waals surface area contributed by atoms with Crippen LogP contribution in [0.2, 0.25) is 0 Å². The zero-order valence-corrected chi connectivity index (χ0v) is 13.2. The Balaban J connectivity index is 1.48. The smallest absolute Gasteiger partial charge is 0.223 e. The Morgan fingerprint density at radius 1 is 1.36 bits per heavy atom. The quantitative estimate of drug-likeness (QED) is 0.779. The van der Waals surface area contributed by atoms with Crippen LogP contribution in [0, 0.1) is 11.3 Å². The first-order valence-corrected chi connectivity index (χ1v) is 8.35. The Morgan fingerprint density at radius 3 is 2.73 bits per heavy atom. The van der Waals surface area contributed by atoms with Crippen LogP contribution < -0.4 is 10.6 Å². The molecule has 1 saturated carbocycles. The Labute approximate surface area is 132 Å². The maximum absolute atomic E-state index is 12.4. The maximum atomic E-state index is 12.4. The zero-order valence-electron chi connectivity index (χ0n) is 13.2. The van der Waals surface area contributed by atoms with Crippen LogP contribution in [-0.2, 0) is 4.79 Å². The minimum absolute atomic E-state index is 0.0120. The Bertz CT molecular complexity index is 511. The molecule has 1 amide bonds. The van der Waals surface area contributed by atoms with Crippen molar-refractivity contribution >= 4 is 5.91 Å². The lowest BCUT2D eigenvalue weighted by molar-refractivity contribution is -0.124. The summed E-state index contributed by atoms with van der Waals surface area (Å²) >= 11 is 0. The van der Waals surface area contributed by atoms with Crippen LogP contribution in [0.15, 0.2) is 30.3 Å². The van der Waals surface area contributed by atoms with E-state index >= 15 is 0 Å². The molecule has 1 aromatic carbocycles. The van der Waals surface area contributed by atoms with Crippen LogP contribution in [-0.4, -0.2) is 30.1 Å². The first kappa shape index (κ1) is 15.5. The van der Waals surface area contributed by atoms with E-state index in [1.54, 1.807) is 0 Å². The second-order valence-corrected chi connectivity index (χ2v) is 6.94. The number of piperidine rings is 1. The summed E-state index contributed by atoms with van der Waals surface area (Å²) in [5, 5.41) is 16.7.